The summed E-state index contributed by atoms with van der Waals surface area (Å²) in [5.41, 5.74) is 2.29. The molecular weight excluding hydrogens is 224 g/mol. The lowest BCUT2D eigenvalue weighted by atomic mass is 10.2. The predicted octanol–water partition coefficient (Wildman–Crippen LogP) is 3.31. The van der Waals surface area contributed by atoms with Crippen LogP contribution in [0.5, 0.6) is 5.88 Å². The van der Waals surface area contributed by atoms with Gasteiger partial charge >= 0.3 is 0 Å². The van der Waals surface area contributed by atoms with Crippen molar-refractivity contribution in [2.45, 2.75) is 53.7 Å². The molecule has 1 aromatic rings. The summed E-state index contributed by atoms with van der Waals surface area (Å²) in [6.07, 6.45) is 1.22. The first-order valence-electron chi connectivity index (χ1n) is 6.86. The number of hydrogen-bond donors (Lipinski definition) is 1. The maximum Gasteiger partial charge on any atom is 0.213 e. The summed E-state index contributed by atoms with van der Waals surface area (Å²) >= 11 is 0. The van der Waals surface area contributed by atoms with Crippen molar-refractivity contribution in [2.24, 2.45) is 5.92 Å². The van der Waals surface area contributed by atoms with Crippen molar-refractivity contribution < 1.29 is 4.74 Å². The first-order valence-corrected chi connectivity index (χ1v) is 6.86. The molecule has 0 saturated heterocycles. The van der Waals surface area contributed by atoms with E-state index in [1.807, 2.05) is 13.0 Å². The Labute approximate surface area is 111 Å². The Morgan fingerprint density at radius 3 is 2.56 bits per heavy atom. The molecule has 3 nitrogen and oxygen atoms in total. The summed E-state index contributed by atoms with van der Waals surface area (Å²) in [4.78, 5) is 4.50. The van der Waals surface area contributed by atoms with Crippen LogP contribution in [0.2, 0.25) is 0 Å². The number of pyridine rings is 1. The van der Waals surface area contributed by atoms with Crippen LogP contribution in [-0.2, 0) is 6.54 Å². The van der Waals surface area contributed by atoms with E-state index in [1.54, 1.807) is 0 Å². The molecule has 0 saturated carbocycles. The van der Waals surface area contributed by atoms with E-state index in [0.29, 0.717) is 5.92 Å². The summed E-state index contributed by atoms with van der Waals surface area (Å²) in [5, 5.41) is 3.43. The number of nitrogens with one attached hydrogen (secondary N) is 1. The highest BCUT2D eigenvalue weighted by Crippen LogP contribution is 2.14. The SMILES string of the molecule is CCC(C)Oc1ccc(CNCC(C)C)c(C)n1. The Kier molecular flexibility index (Phi) is 6.13. The molecule has 0 aromatic carbocycles. The van der Waals surface area contributed by atoms with Gasteiger partial charge in [0.1, 0.15) is 0 Å². The second-order valence-electron chi connectivity index (χ2n) is 5.26. The molecule has 102 valence electrons. The van der Waals surface area contributed by atoms with Gasteiger partial charge in [0, 0.05) is 18.3 Å². The third kappa shape index (κ3) is 5.05. The summed E-state index contributed by atoms with van der Waals surface area (Å²) < 4.78 is 5.71. The van der Waals surface area contributed by atoms with Gasteiger partial charge in [-0.1, -0.05) is 26.8 Å². The second-order valence-corrected chi connectivity index (χ2v) is 5.26. The van der Waals surface area contributed by atoms with Crippen LogP contribution in [0.4, 0.5) is 0 Å². The number of nitrogens with zero attached hydrogens (tertiary/aromatic N) is 1. The van der Waals surface area contributed by atoms with Crippen LogP contribution in [0.15, 0.2) is 12.1 Å². The van der Waals surface area contributed by atoms with Gasteiger partial charge in [0.05, 0.1) is 6.10 Å². The van der Waals surface area contributed by atoms with Gasteiger partial charge in [-0.2, -0.15) is 0 Å². The Morgan fingerprint density at radius 2 is 2.00 bits per heavy atom. The topological polar surface area (TPSA) is 34.1 Å². The smallest absolute Gasteiger partial charge is 0.213 e. The lowest BCUT2D eigenvalue weighted by Crippen LogP contribution is -2.20. The van der Waals surface area contributed by atoms with E-state index in [4.69, 9.17) is 4.74 Å². The summed E-state index contributed by atoms with van der Waals surface area (Å²) in [6, 6.07) is 4.07. The lowest BCUT2D eigenvalue weighted by Gasteiger charge is -2.14. The minimum atomic E-state index is 0.224. The first-order chi connectivity index (χ1) is 8.52. The highest BCUT2D eigenvalue weighted by Gasteiger charge is 2.05. The van der Waals surface area contributed by atoms with Crippen molar-refractivity contribution in [3.63, 3.8) is 0 Å². The maximum absolute atomic E-state index is 5.71. The van der Waals surface area contributed by atoms with Gasteiger partial charge in [-0.15, -0.1) is 0 Å². The van der Waals surface area contributed by atoms with Crippen molar-refractivity contribution in [3.8, 4) is 5.88 Å². The number of ether oxygens (including phenoxy) is 1. The van der Waals surface area contributed by atoms with Gasteiger partial charge in [0.25, 0.3) is 0 Å². The quantitative estimate of drug-likeness (QED) is 0.806. The van der Waals surface area contributed by atoms with Crippen LogP contribution in [0, 0.1) is 12.8 Å². The van der Waals surface area contributed by atoms with Crippen molar-refractivity contribution in [1.29, 1.82) is 0 Å². The fourth-order valence-electron chi connectivity index (χ4n) is 1.60. The molecule has 0 aliphatic carbocycles. The Balaban J connectivity index is 2.56. The number of aromatic nitrogens is 1. The second kappa shape index (κ2) is 7.37. The maximum atomic E-state index is 5.71. The predicted molar refractivity (Wildman–Crippen MR) is 75.9 cm³/mol. The highest BCUT2D eigenvalue weighted by molar-refractivity contribution is 5.25. The van der Waals surface area contributed by atoms with E-state index in [9.17, 15) is 0 Å². The third-order valence-electron chi connectivity index (χ3n) is 2.93. The van der Waals surface area contributed by atoms with Crippen LogP contribution < -0.4 is 10.1 Å². The molecule has 1 atom stereocenters. The lowest BCUT2D eigenvalue weighted by molar-refractivity contribution is 0.208. The fraction of sp³-hybridized carbons (Fsp3) is 0.667. The monoisotopic (exact) mass is 250 g/mol. The summed E-state index contributed by atoms with van der Waals surface area (Å²) in [7, 11) is 0. The van der Waals surface area contributed by atoms with Gasteiger partial charge in [-0.25, -0.2) is 4.98 Å². The van der Waals surface area contributed by atoms with Crippen LogP contribution in [0.3, 0.4) is 0 Å². The number of rotatable bonds is 7. The van der Waals surface area contributed by atoms with Crippen LogP contribution >= 0.6 is 0 Å². The minimum Gasteiger partial charge on any atom is -0.475 e. The third-order valence-corrected chi connectivity index (χ3v) is 2.93. The Bertz CT molecular complexity index is 364. The molecule has 0 spiro atoms. The fourth-order valence-corrected chi connectivity index (χ4v) is 1.60. The zero-order chi connectivity index (χ0) is 13.5. The molecule has 0 amide bonds. The van der Waals surface area contributed by atoms with Crippen molar-refractivity contribution in [1.82, 2.24) is 10.3 Å². The molecule has 18 heavy (non-hydrogen) atoms. The Morgan fingerprint density at radius 1 is 1.28 bits per heavy atom. The molecule has 0 aliphatic heterocycles. The largest absolute Gasteiger partial charge is 0.475 e. The molecule has 1 N–H and O–H groups in total. The van der Waals surface area contributed by atoms with Crippen molar-refractivity contribution in [3.05, 3.63) is 23.4 Å². The van der Waals surface area contributed by atoms with Crippen molar-refractivity contribution >= 4 is 0 Å². The van der Waals surface area contributed by atoms with Gasteiger partial charge < -0.3 is 10.1 Å². The molecule has 0 fully saturated rings. The zero-order valence-electron chi connectivity index (χ0n) is 12.3. The van der Waals surface area contributed by atoms with Gasteiger partial charge in [-0.3, -0.25) is 0 Å². The summed E-state index contributed by atoms with van der Waals surface area (Å²) in [6.45, 7) is 12.5. The van der Waals surface area contributed by atoms with Crippen LogP contribution in [0.1, 0.15) is 45.4 Å². The van der Waals surface area contributed by atoms with E-state index in [0.717, 1.165) is 31.1 Å². The standard InChI is InChI=1S/C15H26N2O/c1-6-12(4)18-15-8-7-14(13(5)17-15)10-16-9-11(2)3/h7-8,11-12,16H,6,9-10H2,1-5H3. The molecule has 3 heteroatoms. The zero-order valence-corrected chi connectivity index (χ0v) is 12.3. The highest BCUT2D eigenvalue weighted by atomic mass is 16.5. The van der Waals surface area contributed by atoms with Gasteiger partial charge in [-0.05, 0) is 38.3 Å². The molecular formula is C15H26N2O. The van der Waals surface area contributed by atoms with E-state index in [-0.39, 0.29) is 6.10 Å². The van der Waals surface area contributed by atoms with Crippen LogP contribution in [-0.4, -0.2) is 17.6 Å². The number of aryl methyl sites for hydroxylation is 1. The average molecular weight is 250 g/mol. The molecule has 1 unspecified atom stereocenters. The normalized spacial score (nSPS) is 12.8. The molecule has 0 bridgehead atoms. The van der Waals surface area contributed by atoms with Gasteiger partial charge in [0.2, 0.25) is 5.88 Å². The molecule has 0 radical (unpaired) electrons. The van der Waals surface area contributed by atoms with E-state index >= 15 is 0 Å². The molecule has 0 aliphatic rings. The molecule has 1 aromatic heterocycles. The first kappa shape index (κ1) is 15.0. The molecule has 1 rings (SSSR count). The Hall–Kier alpha value is -1.09. The molecule has 1 heterocycles. The number of hydrogen-bond acceptors (Lipinski definition) is 3. The average Bonchev–Trinajstić information content (AvgIpc) is 2.31. The van der Waals surface area contributed by atoms with E-state index in [2.05, 4.69) is 44.1 Å². The van der Waals surface area contributed by atoms with Gasteiger partial charge in [0.15, 0.2) is 0 Å². The minimum absolute atomic E-state index is 0.224. The van der Waals surface area contributed by atoms with E-state index < -0.39 is 0 Å². The van der Waals surface area contributed by atoms with Crippen molar-refractivity contribution in [2.75, 3.05) is 6.54 Å². The summed E-state index contributed by atoms with van der Waals surface area (Å²) in [5.74, 6) is 1.40. The van der Waals surface area contributed by atoms with E-state index in [1.165, 1.54) is 5.56 Å². The van der Waals surface area contributed by atoms with Crippen LogP contribution in [0.25, 0.3) is 0 Å².